The Hall–Kier alpha value is -1.44. The number of amides is 1. The van der Waals surface area contributed by atoms with Gasteiger partial charge in [-0.25, -0.2) is 13.1 Å². The summed E-state index contributed by atoms with van der Waals surface area (Å²) in [6.07, 6.45) is 1.74. The summed E-state index contributed by atoms with van der Waals surface area (Å²) in [6.45, 7) is 7.36. The van der Waals surface area contributed by atoms with Gasteiger partial charge in [0.1, 0.15) is 0 Å². The van der Waals surface area contributed by atoms with E-state index < -0.39 is 16.1 Å². The summed E-state index contributed by atoms with van der Waals surface area (Å²) in [4.78, 5) is 12.4. The van der Waals surface area contributed by atoms with Gasteiger partial charge >= 0.3 is 0 Å². The van der Waals surface area contributed by atoms with Crippen LogP contribution in [0.15, 0.2) is 23.1 Å². The number of carbonyl (C=O) groups is 1. The molecule has 0 bridgehead atoms. The number of benzene rings is 1. The number of rotatable bonds is 5. The Morgan fingerprint density at radius 1 is 1.30 bits per heavy atom. The lowest BCUT2D eigenvalue weighted by molar-refractivity contribution is -0.119. The number of sulfonamides is 1. The van der Waals surface area contributed by atoms with Crippen LogP contribution in [0.4, 0.5) is 5.69 Å². The molecule has 0 unspecified atom stereocenters. The molecule has 0 saturated heterocycles. The van der Waals surface area contributed by atoms with Crippen LogP contribution >= 0.6 is 0 Å². The van der Waals surface area contributed by atoms with Crippen molar-refractivity contribution in [1.82, 2.24) is 4.72 Å². The molecular weight excluding hydrogens is 314 g/mol. The summed E-state index contributed by atoms with van der Waals surface area (Å²) in [6, 6.07) is 4.19. The summed E-state index contributed by atoms with van der Waals surface area (Å²) in [5.41, 5.74) is 6.61. The molecule has 1 amide bonds. The van der Waals surface area contributed by atoms with Gasteiger partial charge in [-0.05, 0) is 42.9 Å². The molecule has 1 aliphatic rings. The van der Waals surface area contributed by atoms with E-state index in [0.29, 0.717) is 11.3 Å². The molecule has 0 radical (unpaired) electrons. The van der Waals surface area contributed by atoms with Crippen LogP contribution in [0, 0.1) is 12.3 Å². The van der Waals surface area contributed by atoms with Gasteiger partial charge in [-0.3, -0.25) is 4.79 Å². The number of carbonyl (C=O) groups excluding carboxylic acids is 1. The standard InChI is InChI=1S/C16H25N3O3S/c1-10-5-6-12(18-15(20)14(17)16(2,3)4)9-13(10)23(21,22)19-11-7-8-11/h5-6,9,11,14,19H,7-8,17H2,1-4H3,(H,18,20)/t14-/m1/s1. The third-order valence-electron chi connectivity index (χ3n) is 3.86. The van der Waals surface area contributed by atoms with Crippen LogP contribution in [0.5, 0.6) is 0 Å². The van der Waals surface area contributed by atoms with Gasteiger partial charge in [-0.2, -0.15) is 0 Å². The van der Waals surface area contributed by atoms with Crippen LogP contribution in [-0.2, 0) is 14.8 Å². The van der Waals surface area contributed by atoms with E-state index >= 15 is 0 Å². The molecule has 1 fully saturated rings. The molecule has 4 N–H and O–H groups in total. The van der Waals surface area contributed by atoms with E-state index in [9.17, 15) is 13.2 Å². The average molecular weight is 339 g/mol. The molecule has 1 aromatic rings. The van der Waals surface area contributed by atoms with Crippen molar-refractivity contribution in [1.29, 1.82) is 0 Å². The molecular formula is C16H25N3O3S. The molecule has 7 heteroatoms. The number of anilines is 1. The quantitative estimate of drug-likeness (QED) is 0.760. The lowest BCUT2D eigenvalue weighted by atomic mass is 9.87. The first-order chi connectivity index (χ1) is 10.5. The smallest absolute Gasteiger partial charge is 0.241 e. The van der Waals surface area contributed by atoms with E-state index in [1.54, 1.807) is 19.1 Å². The van der Waals surface area contributed by atoms with Crippen LogP contribution in [0.25, 0.3) is 0 Å². The van der Waals surface area contributed by atoms with Crippen LogP contribution in [0.2, 0.25) is 0 Å². The molecule has 2 rings (SSSR count). The fourth-order valence-electron chi connectivity index (χ4n) is 2.06. The summed E-state index contributed by atoms with van der Waals surface area (Å²) in [7, 11) is -3.57. The molecule has 0 heterocycles. The highest BCUT2D eigenvalue weighted by molar-refractivity contribution is 7.89. The van der Waals surface area contributed by atoms with E-state index in [-0.39, 0.29) is 22.3 Å². The molecule has 6 nitrogen and oxygen atoms in total. The van der Waals surface area contributed by atoms with Crippen molar-refractivity contribution in [2.24, 2.45) is 11.1 Å². The van der Waals surface area contributed by atoms with E-state index in [2.05, 4.69) is 10.0 Å². The normalized spacial score (nSPS) is 16.9. The summed E-state index contributed by atoms with van der Waals surface area (Å²) in [5, 5.41) is 2.70. The molecule has 0 aromatic heterocycles. The monoisotopic (exact) mass is 339 g/mol. The highest BCUT2D eigenvalue weighted by atomic mass is 32.2. The van der Waals surface area contributed by atoms with E-state index in [4.69, 9.17) is 5.73 Å². The maximum atomic E-state index is 12.4. The second kappa shape index (κ2) is 6.22. The number of aryl methyl sites for hydroxylation is 1. The Bertz CT molecular complexity index is 704. The molecule has 0 spiro atoms. The number of nitrogens with one attached hydrogen (secondary N) is 2. The zero-order chi connectivity index (χ0) is 17.4. The predicted octanol–water partition coefficient (Wildman–Crippen LogP) is 1.75. The topological polar surface area (TPSA) is 101 Å². The van der Waals surface area contributed by atoms with Gasteiger partial charge in [-0.1, -0.05) is 26.8 Å². The Kier molecular flexibility index (Phi) is 4.84. The van der Waals surface area contributed by atoms with Crippen LogP contribution in [0.3, 0.4) is 0 Å². The minimum atomic E-state index is -3.57. The van der Waals surface area contributed by atoms with Gasteiger partial charge in [0.25, 0.3) is 0 Å². The SMILES string of the molecule is Cc1ccc(NC(=O)[C@@H](N)C(C)(C)C)cc1S(=O)(=O)NC1CC1. The summed E-state index contributed by atoms with van der Waals surface area (Å²) < 4.78 is 27.4. The molecule has 128 valence electrons. The molecule has 1 aliphatic carbocycles. The van der Waals surface area contributed by atoms with Crippen LogP contribution in [0.1, 0.15) is 39.2 Å². The van der Waals surface area contributed by atoms with Crippen molar-refractivity contribution in [2.75, 3.05) is 5.32 Å². The molecule has 23 heavy (non-hydrogen) atoms. The van der Waals surface area contributed by atoms with Gasteiger partial charge < -0.3 is 11.1 Å². The Balaban J connectivity index is 2.22. The molecule has 1 atom stereocenters. The van der Waals surface area contributed by atoms with Gasteiger partial charge in [0.2, 0.25) is 15.9 Å². The van der Waals surface area contributed by atoms with Crippen molar-refractivity contribution in [3.8, 4) is 0 Å². The average Bonchev–Trinajstić information content (AvgIpc) is 3.22. The van der Waals surface area contributed by atoms with E-state index in [1.807, 2.05) is 20.8 Å². The Morgan fingerprint density at radius 2 is 1.91 bits per heavy atom. The first-order valence-corrected chi connectivity index (χ1v) is 9.18. The summed E-state index contributed by atoms with van der Waals surface area (Å²) >= 11 is 0. The fraction of sp³-hybridized carbons (Fsp3) is 0.562. The molecule has 0 aliphatic heterocycles. The highest BCUT2D eigenvalue weighted by Gasteiger charge is 2.30. The van der Waals surface area contributed by atoms with Gasteiger partial charge in [-0.15, -0.1) is 0 Å². The van der Waals surface area contributed by atoms with E-state index in [0.717, 1.165) is 12.8 Å². The van der Waals surface area contributed by atoms with Crippen molar-refractivity contribution in [2.45, 2.75) is 57.5 Å². The zero-order valence-corrected chi connectivity index (χ0v) is 14.8. The van der Waals surface area contributed by atoms with Gasteiger partial charge in [0.05, 0.1) is 10.9 Å². The number of hydrogen-bond donors (Lipinski definition) is 3. The zero-order valence-electron chi connectivity index (χ0n) is 14.0. The van der Waals surface area contributed by atoms with Crippen molar-refractivity contribution >= 4 is 21.6 Å². The third-order valence-corrected chi connectivity index (χ3v) is 5.52. The largest absolute Gasteiger partial charge is 0.325 e. The van der Waals surface area contributed by atoms with Crippen molar-refractivity contribution in [3.05, 3.63) is 23.8 Å². The predicted molar refractivity (Wildman–Crippen MR) is 90.6 cm³/mol. The molecule has 1 saturated carbocycles. The first-order valence-electron chi connectivity index (χ1n) is 7.70. The van der Waals surface area contributed by atoms with Crippen LogP contribution < -0.4 is 15.8 Å². The van der Waals surface area contributed by atoms with Crippen LogP contribution in [-0.4, -0.2) is 26.4 Å². The van der Waals surface area contributed by atoms with Crippen molar-refractivity contribution in [3.63, 3.8) is 0 Å². The van der Waals surface area contributed by atoms with E-state index in [1.165, 1.54) is 6.07 Å². The lowest BCUT2D eigenvalue weighted by Gasteiger charge is -2.26. The number of hydrogen-bond acceptors (Lipinski definition) is 4. The fourth-order valence-corrected chi connectivity index (χ4v) is 3.64. The maximum Gasteiger partial charge on any atom is 0.241 e. The second-order valence-electron chi connectivity index (χ2n) is 7.21. The first kappa shape index (κ1) is 17.9. The lowest BCUT2D eigenvalue weighted by Crippen LogP contribution is -2.45. The summed E-state index contributed by atoms with van der Waals surface area (Å²) in [5.74, 6) is -0.333. The minimum Gasteiger partial charge on any atom is -0.325 e. The third kappa shape index (κ3) is 4.53. The molecule has 1 aromatic carbocycles. The highest BCUT2D eigenvalue weighted by Crippen LogP contribution is 2.26. The number of nitrogens with two attached hydrogens (primary N) is 1. The Morgan fingerprint density at radius 3 is 2.43 bits per heavy atom. The maximum absolute atomic E-state index is 12.4. The van der Waals surface area contributed by atoms with Gasteiger partial charge in [0, 0.05) is 11.7 Å². The Labute approximate surface area is 137 Å². The van der Waals surface area contributed by atoms with Crippen molar-refractivity contribution < 1.29 is 13.2 Å². The van der Waals surface area contributed by atoms with Gasteiger partial charge in [0.15, 0.2) is 0 Å². The minimum absolute atomic E-state index is 0.0342. The second-order valence-corrected chi connectivity index (χ2v) is 8.89.